The molecule has 3 rings (SSSR count). The number of thioether (sulfide) groups is 1. The van der Waals surface area contributed by atoms with Gasteiger partial charge in [0.25, 0.3) is 5.91 Å². The van der Waals surface area contributed by atoms with Crippen LogP contribution in [0, 0.1) is 0 Å². The molecule has 6 heteroatoms. The fourth-order valence-electron chi connectivity index (χ4n) is 3.18. The number of hydrogen-bond acceptors (Lipinski definition) is 3. The largest absolute Gasteiger partial charge is 0.483 e. The van der Waals surface area contributed by atoms with Crippen LogP contribution in [-0.2, 0) is 23.4 Å². The van der Waals surface area contributed by atoms with Gasteiger partial charge in [-0.3, -0.25) is 4.79 Å². The predicted molar refractivity (Wildman–Crippen MR) is 114 cm³/mol. The molecule has 144 valence electrons. The van der Waals surface area contributed by atoms with Crippen LogP contribution in [0.3, 0.4) is 0 Å². The molecule has 0 atom stereocenters. The summed E-state index contributed by atoms with van der Waals surface area (Å²) in [5.41, 5.74) is 3.56. The number of hydrogen-bond donors (Lipinski definition) is 1. The topological polar surface area (TPSA) is 38.3 Å². The van der Waals surface area contributed by atoms with Crippen LogP contribution in [0.1, 0.15) is 29.5 Å². The minimum absolute atomic E-state index is 0.0530. The molecule has 27 heavy (non-hydrogen) atoms. The van der Waals surface area contributed by atoms with Gasteiger partial charge in [-0.15, -0.1) is 0 Å². The second-order valence-electron chi connectivity index (χ2n) is 6.49. The molecule has 0 saturated heterocycles. The normalized spacial score (nSPS) is 13.1. The van der Waals surface area contributed by atoms with Crippen molar-refractivity contribution in [3.63, 3.8) is 0 Å². The van der Waals surface area contributed by atoms with E-state index in [9.17, 15) is 4.79 Å². The van der Waals surface area contributed by atoms with Gasteiger partial charge in [-0.2, -0.15) is 11.8 Å². The molecule has 0 bridgehead atoms. The van der Waals surface area contributed by atoms with Crippen molar-refractivity contribution in [3.05, 3.63) is 63.1 Å². The second kappa shape index (κ2) is 10.3. The summed E-state index contributed by atoms with van der Waals surface area (Å²) in [6.45, 7) is 0.638. The average molecular weight is 424 g/mol. The maximum atomic E-state index is 12.0. The number of fused-ring (bicyclic) bond motifs is 1. The highest BCUT2D eigenvalue weighted by atomic mass is 35.5. The molecule has 0 heterocycles. The quantitative estimate of drug-likeness (QED) is 0.585. The van der Waals surface area contributed by atoms with Gasteiger partial charge < -0.3 is 10.1 Å². The summed E-state index contributed by atoms with van der Waals surface area (Å²) in [5, 5.41) is 4.26. The van der Waals surface area contributed by atoms with E-state index in [1.807, 2.05) is 30.3 Å². The van der Waals surface area contributed by atoms with Gasteiger partial charge in [-0.05, 0) is 60.6 Å². The molecule has 1 aliphatic rings. The zero-order valence-electron chi connectivity index (χ0n) is 15.1. The monoisotopic (exact) mass is 423 g/mol. The van der Waals surface area contributed by atoms with E-state index in [-0.39, 0.29) is 12.5 Å². The van der Waals surface area contributed by atoms with E-state index in [1.165, 1.54) is 24.0 Å². The smallest absolute Gasteiger partial charge is 0.257 e. The number of carbonyl (C=O) groups is 1. The minimum Gasteiger partial charge on any atom is -0.483 e. The first-order valence-corrected chi connectivity index (χ1v) is 11.1. The van der Waals surface area contributed by atoms with E-state index in [1.54, 1.807) is 11.8 Å². The zero-order chi connectivity index (χ0) is 19.1. The van der Waals surface area contributed by atoms with Gasteiger partial charge in [-0.25, -0.2) is 0 Å². The summed E-state index contributed by atoms with van der Waals surface area (Å²) in [6, 6.07) is 11.6. The third kappa shape index (κ3) is 5.81. The molecule has 0 fully saturated rings. The average Bonchev–Trinajstić information content (AvgIpc) is 2.68. The van der Waals surface area contributed by atoms with E-state index < -0.39 is 0 Å². The maximum absolute atomic E-state index is 12.0. The molecule has 1 amide bonds. The molecule has 3 nitrogen and oxygen atoms in total. The lowest BCUT2D eigenvalue weighted by molar-refractivity contribution is -0.122. The Kier molecular flexibility index (Phi) is 7.74. The first kappa shape index (κ1) is 20.4. The first-order valence-electron chi connectivity index (χ1n) is 9.16. The molecule has 2 aromatic carbocycles. The van der Waals surface area contributed by atoms with Crippen molar-refractivity contribution in [3.8, 4) is 5.75 Å². The summed E-state index contributed by atoms with van der Waals surface area (Å²) >= 11 is 14.0. The fraction of sp³-hybridized carbons (Fsp3) is 0.381. The lowest BCUT2D eigenvalue weighted by Crippen LogP contribution is -2.30. The Bertz CT molecular complexity index is 777. The van der Waals surface area contributed by atoms with Crippen LogP contribution in [0.15, 0.2) is 36.4 Å². The molecular formula is C21H23Cl2NO2S. The number of amides is 1. The summed E-state index contributed by atoms with van der Waals surface area (Å²) in [5.74, 6) is 2.26. The molecule has 0 unspecified atom stereocenters. The van der Waals surface area contributed by atoms with Gasteiger partial charge in [-0.1, -0.05) is 41.4 Å². The molecular weight excluding hydrogens is 401 g/mol. The van der Waals surface area contributed by atoms with Crippen molar-refractivity contribution in [1.29, 1.82) is 0 Å². The Morgan fingerprint density at radius 2 is 1.81 bits per heavy atom. The molecule has 2 aromatic rings. The fourth-order valence-corrected chi connectivity index (χ4v) is 4.78. The summed E-state index contributed by atoms with van der Waals surface area (Å²) < 4.78 is 5.77. The number of ether oxygens (including phenoxy) is 1. The minimum atomic E-state index is -0.0974. The Morgan fingerprint density at radius 3 is 2.63 bits per heavy atom. The van der Waals surface area contributed by atoms with E-state index >= 15 is 0 Å². The highest BCUT2D eigenvalue weighted by Crippen LogP contribution is 2.29. The summed E-state index contributed by atoms with van der Waals surface area (Å²) in [7, 11) is 0. The zero-order valence-corrected chi connectivity index (χ0v) is 17.4. The number of rotatable bonds is 8. The summed E-state index contributed by atoms with van der Waals surface area (Å²) in [6.07, 6.45) is 4.56. The van der Waals surface area contributed by atoms with E-state index in [2.05, 4.69) is 11.4 Å². The first-order chi connectivity index (χ1) is 13.1. The molecule has 0 saturated carbocycles. The van der Waals surface area contributed by atoms with Gasteiger partial charge >= 0.3 is 0 Å². The number of halogens is 2. The van der Waals surface area contributed by atoms with Gasteiger partial charge in [0.2, 0.25) is 0 Å². The van der Waals surface area contributed by atoms with Gasteiger partial charge in [0.15, 0.2) is 6.61 Å². The van der Waals surface area contributed by atoms with Gasteiger partial charge in [0, 0.05) is 28.1 Å². The van der Waals surface area contributed by atoms with Crippen molar-refractivity contribution in [2.45, 2.75) is 31.4 Å². The number of benzene rings is 2. The Labute approximate surface area is 174 Å². The van der Waals surface area contributed by atoms with Crippen LogP contribution in [-0.4, -0.2) is 24.8 Å². The van der Waals surface area contributed by atoms with Crippen LogP contribution < -0.4 is 10.1 Å². The lowest BCUT2D eigenvalue weighted by Gasteiger charge is -2.19. The lowest BCUT2D eigenvalue weighted by atomic mass is 9.91. The maximum Gasteiger partial charge on any atom is 0.257 e. The van der Waals surface area contributed by atoms with Crippen molar-refractivity contribution in [1.82, 2.24) is 5.32 Å². The third-order valence-corrected chi connectivity index (χ3v) is 6.28. The second-order valence-corrected chi connectivity index (χ2v) is 8.41. The highest BCUT2D eigenvalue weighted by Gasteiger charge is 2.14. The highest BCUT2D eigenvalue weighted by molar-refractivity contribution is 7.98. The van der Waals surface area contributed by atoms with Crippen molar-refractivity contribution in [2.24, 2.45) is 0 Å². The standard InChI is InChI=1S/C21H23Cl2NO2S/c22-18-8-4-9-19(23)17(18)14-27-12-11-24-21(25)13-26-20-10-3-6-15-5-1-2-7-16(15)20/h3-4,6,8-10H,1-2,5,7,11-14H2,(H,24,25). The van der Waals surface area contributed by atoms with Crippen LogP contribution in [0.25, 0.3) is 0 Å². The van der Waals surface area contributed by atoms with E-state index in [0.717, 1.165) is 35.7 Å². The Hall–Kier alpha value is -1.36. The number of aryl methyl sites for hydroxylation is 1. The van der Waals surface area contributed by atoms with Crippen LogP contribution in [0.4, 0.5) is 0 Å². The predicted octanol–water partition coefficient (Wildman–Crippen LogP) is 5.30. The van der Waals surface area contributed by atoms with Gasteiger partial charge in [0.05, 0.1) is 0 Å². The van der Waals surface area contributed by atoms with Crippen LogP contribution in [0.5, 0.6) is 5.75 Å². The molecule has 0 spiro atoms. The van der Waals surface area contributed by atoms with Crippen molar-refractivity contribution >= 4 is 40.9 Å². The SMILES string of the molecule is O=C(COc1cccc2c1CCCC2)NCCSCc1c(Cl)cccc1Cl. The Morgan fingerprint density at radius 1 is 1.07 bits per heavy atom. The molecule has 0 radical (unpaired) electrons. The molecule has 0 aliphatic heterocycles. The molecule has 1 aliphatic carbocycles. The van der Waals surface area contributed by atoms with Crippen molar-refractivity contribution in [2.75, 3.05) is 18.9 Å². The third-order valence-electron chi connectivity index (χ3n) is 4.59. The summed E-state index contributed by atoms with van der Waals surface area (Å²) in [4.78, 5) is 12.0. The van der Waals surface area contributed by atoms with Crippen LogP contribution >= 0.6 is 35.0 Å². The Balaban J connectivity index is 1.37. The number of carbonyl (C=O) groups excluding carboxylic acids is 1. The van der Waals surface area contributed by atoms with Gasteiger partial charge in [0.1, 0.15) is 5.75 Å². The van der Waals surface area contributed by atoms with Crippen molar-refractivity contribution < 1.29 is 9.53 Å². The molecule has 1 N–H and O–H groups in total. The van der Waals surface area contributed by atoms with E-state index in [4.69, 9.17) is 27.9 Å². The van der Waals surface area contributed by atoms with Crippen LogP contribution in [0.2, 0.25) is 10.0 Å². The van der Waals surface area contributed by atoms with E-state index in [0.29, 0.717) is 16.6 Å². The molecule has 0 aromatic heterocycles. The number of nitrogens with one attached hydrogen (secondary N) is 1.